The van der Waals surface area contributed by atoms with Gasteiger partial charge < -0.3 is 0 Å². The molecule has 0 aliphatic heterocycles. The minimum Gasteiger partial charge on any atom is -0.295 e. The van der Waals surface area contributed by atoms with E-state index in [0.717, 1.165) is 16.6 Å². The summed E-state index contributed by atoms with van der Waals surface area (Å²) in [5.41, 5.74) is 3.05. The summed E-state index contributed by atoms with van der Waals surface area (Å²) in [4.78, 5) is 24.7. The van der Waals surface area contributed by atoms with E-state index in [1.807, 2.05) is 30.3 Å². The minimum absolute atomic E-state index is 0.0440. The summed E-state index contributed by atoms with van der Waals surface area (Å²) >= 11 is 1.30. The number of rotatable bonds is 6. The SMILES string of the molecule is Cn1c(=O)n(C)c2cc(C(=O)CSc3nnnn3Cc3ccccc3)ccc21. The van der Waals surface area contributed by atoms with E-state index in [1.165, 1.54) is 11.8 Å². The summed E-state index contributed by atoms with van der Waals surface area (Å²) in [5.74, 6) is 0.166. The van der Waals surface area contributed by atoms with E-state index in [-0.39, 0.29) is 17.2 Å². The lowest BCUT2D eigenvalue weighted by Gasteiger charge is -2.05. The lowest BCUT2D eigenvalue weighted by atomic mass is 10.1. The van der Waals surface area contributed by atoms with E-state index in [9.17, 15) is 9.59 Å². The van der Waals surface area contributed by atoms with Gasteiger partial charge in [-0.15, -0.1) is 5.10 Å². The van der Waals surface area contributed by atoms with Crippen molar-refractivity contribution in [1.29, 1.82) is 0 Å². The number of benzene rings is 2. The number of aryl methyl sites for hydroxylation is 2. The van der Waals surface area contributed by atoms with Crippen LogP contribution < -0.4 is 5.69 Å². The molecule has 0 amide bonds. The number of Topliss-reactive ketones (excluding diaryl/α,β-unsaturated/α-hetero) is 1. The highest BCUT2D eigenvalue weighted by Gasteiger charge is 2.14. The van der Waals surface area contributed by atoms with Crippen LogP contribution in [0.25, 0.3) is 11.0 Å². The molecule has 2 aromatic carbocycles. The molecule has 2 aromatic heterocycles. The third-order valence-electron chi connectivity index (χ3n) is 4.60. The monoisotopic (exact) mass is 394 g/mol. The Morgan fingerprint density at radius 1 is 1.04 bits per heavy atom. The Balaban J connectivity index is 1.50. The number of tetrazole rings is 1. The van der Waals surface area contributed by atoms with E-state index in [0.29, 0.717) is 17.3 Å². The van der Waals surface area contributed by atoms with Crippen LogP contribution >= 0.6 is 11.8 Å². The fourth-order valence-electron chi connectivity index (χ4n) is 3.05. The first-order chi connectivity index (χ1) is 13.5. The molecule has 0 saturated heterocycles. The predicted octanol–water partition coefficient (Wildman–Crippen LogP) is 1.89. The number of imidazole rings is 1. The summed E-state index contributed by atoms with van der Waals surface area (Å²) in [6, 6.07) is 15.2. The number of thioether (sulfide) groups is 1. The molecular formula is C19H18N6O2S. The highest BCUT2D eigenvalue weighted by Crippen LogP contribution is 2.19. The van der Waals surface area contributed by atoms with Crippen molar-refractivity contribution in [3.63, 3.8) is 0 Å². The molecule has 9 heteroatoms. The van der Waals surface area contributed by atoms with Crippen molar-refractivity contribution in [3.05, 3.63) is 70.1 Å². The van der Waals surface area contributed by atoms with Crippen molar-refractivity contribution in [1.82, 2.24) is 29.3 Å². The van der Waals surface area contributed by atoms with Crippen molar-refractivity contribution >= 4 is 28.6 Å². The molecule has 0 spiro atoms. The van der Waals surface area contributed by atoms with Gasteiger partial charge in [0.1, 0.15) is 0 Å². The molecular weight excluding hydrogens is 376 g/mol. The Morgan fingerprint density at radius 2 is 1.79 bits per heavy atom. The van der Waals surface area contributed by atoms with Gasteiger partial charge in [0.25, 0.3) is 0 Å². The molecule has 4 rings (SSSR count). The van der Waals surface area contributed by atoms with Gasteiger partial charge in [-0.25, -0.2) is 9.48 Å². The Kier molecular flexibility index (Phi) is 4.82. The number of fused-ring (bicyclic) bond motifs is 1. The maximum atomic E-state index is 12.7. The van der Waals surface area contributed by atoms with Crippen LogP contribution in [0.5, 0.6) is 0 Å². The first kappa shape index (κ1) is 18.2. The number of aromatic nitrogens is 6. The van der Waals surface area contributed by atoms with Gasteiger partial charge in [0, 0.05) is 19.7 Å². The van der Waals surface area contributed by atoms with Crippen LogP contribution in [-0.4, -0.2) is 40.9 Å². The fourth-order valence-corrected chi connectivity index (χ4v) is 3.82. The third-order valence-corrected chi connectivity index (χ3v) is 5.56. The highest BCUT2D eigenvalue weighted by atomic mass is 32.2. The topological polar surface area (TPSA) is 87.6 Å². The molecule has 0 aliphatic carbocycles. The summed E-state index contributed by atoms with van der Waals surface area (Å²) in [7, 11) is 3.42. The van der Waals surface area contributed by atoms with Gasteiger partial charge in [-0.3, -0.25) is 13.9 Å². The van der Waals surface area contributed by atoms with Crippen LogP contribution in [0.2, 0.25) is 0 Å². The van der Waals surface area contributed by atoms with Crippen LogP contribution in [0.3, 0.4) is 0 Å². The zero-order valence-electron chi connectivity index (χ0n) is 15.4. The van der Waals surface area contributed by atoms with Crippen LogP contribution in [0, 0.1) is 0 Å². The second-order valence-corrected chi connectivity index (χ2v) is 7.36. The van der Waals surface area contributed by atoms with Gasteiger partial charge in [-0.05, 0) is 34.2 Å². The number of hydrogen-bond donors (Lipinski definition) is 0. The summed E-state index contributed by atoms with van der Waals surface area (Å²) < 4.78 is 4.78. The third kappa shape index (κ3) is 3.36. The van der Waals surface area contributed by atoms with Gasteiger partial charge in [-0.1, -0.05) is 42.1 Å². The fraction of sp³-hybridized carbons (Fsp3) is 0.211. The molecule has 0 aliphatic rings. The molecule has 2 heterocycles. The normalized spacial score (nSPS) is 11.2. The largest absolute Gasteiger partial charge is 0.328 e. The molecule has 0 fully saturated rings. The van der Waals surface area contributed by atoms with Crippen LogP contribution in [0.4, 0.5) is 0 Å². The molecule has 0 atom stereocenters. The summed E-state index contributed by atoms with van der Waals surface area (Å²) in [6.45, 7) is 0.544. The second kappa shape index (κ2) is 7.43. The lowest BCUT2D eigenvalue weighted by Crippen LogP contribution is -2.19. The quantitative estimate of drug-likeness (QED) is 0.367. The molecule has 0 N–H and O–H groups in total. The summed E-state index contributed by atoms with van der Waals surface area (Å²) in [5, 5.41) is 12.3. The number of hydrogen-bond acceptors (Lipinski definition) is 6. The van der Waals surface area contributed by atoms with Crippen LogP contribution in [-0.2, 0) is 20.6 Å². The van der Waals surface area contributed by atoms with E-state index in [4.69, 9.17) is 0 Å². The molecule has 0 radical (unpaired) electrons. The Hall–Kier alpha value is -3.20. The average Bonchev–Trinajstić information content (AvgIpc) is 3.25. The number of ketones is 1. The van der Waals surface area contributed by atoms with Crippen molar-refractivity contribution < 1.29 is 4.79 Å². The first-order valence-electron chi connectivity index (χ1n) is 8.66. The molecule has 4 aromatic rings. The van der Waals surface area contributed by atoms with Gasteiger partial charge in [0.05, 0.1) is 23.3 Å². The van der Waals surface area contributed by atoms with Crippen molar-refractivity contribution in [3.8, 4) is 0 Å². The predicted molar refractivity (Wildman–Crippen MR) is 107 cm³/mol. The first-order valence-corrected chi connectivity index (χ1v) is 9.64. The Labute approximate surface area is 164 Å². The zero-order valence-corrected chi connectivity index (χ0v) is 16.3. The molecule has 0 bridgehead atoms. The lowest BCUT2D eigenvalue weighted by molar-refractivity contribution is 0.102. The van der Waals surface area contributed by atoms with Crippen molar-refractivity contribution in [2.45, 2.75) is 11.7 Å². The number of carbonyl (C=O) groups is 1. The van der Waals surface area contributed by atoms with Crippen molar-refractivity contribution in [2.75, 3.05) is 5.75 Å². The second-order valence-electron chi connectivity index (χ2n) is 6.42. The zero-order chi connectivity index (χ0) is 19.7. The van der Waals surface area contributed by atoms with Gasteiger partial charge in [-0.2, -0.15) is 0 Å². The number of carbonyl (C=O) groups excluding carboxylic acids is 1. The smallest absolute Gasteiger partial charge is 0.295 e. The molecule has 0 saturated carbocycles. The van der Waals surface area contributed by atoms with Gasteiger partial charge in [0.2, 0.25) is 5.16 Å². The standard InChI is InChI=1S/C19H18N6O2S/c1-23-15-9-8-14(10-16(15)24(2)19(23)27)17(26)12-28-18-20-21-22-25(18)11-13-6-4-3-5-7-13/h3-10H,11-12H2,1-2H3. The van der Waals surface area contributed by atoms with E-state index >= 15 is 0 Å². The molecule has 8 nitrogen and oxygen atoms in total. The highest BCUT2D eigenvalue weighted by molar-refractivity contribution is 7.99. The average molecular weight is 394 g/mol. The van der Waals surface area contributed by atoms with Gasteiger partial charge in [0.15, 0.2) is 5.78 Å². The maximum Gasteiger partial charge on any atom is 0.328 e. The van der Waals surface area contributed by atoms with E-state index in [1.54, 1.807) is 46.1 Å². The maximum absolute atomic E-state index is 12.7. The molecule has 0 unspecified atom stereocenters. The summed E-state index contributed by atoms with van der Waals surface area (Å²) in [6.07, 6.45) is 0. The minimum atomic E-state index is -0.117. The molecule has 28 heavy (non-hydrogen) atoms. The Bertz CT molecular complexity index is 1210. The van der Waals surface area contributed by atoms with Crippen LogP contribution in [0.1, 0.15) is 15.9 Å². The Morgan fingerprint density at radius 3 is 2.57 bits per heavy atom. The number of nitrogens with zero attached hydrogens (tertiary/aromatic N) is 6. The van der Waals surface area contributed by atoms with Crippen molar-refractivity contribution in [2.24, 2.45) is 14.1 Å². The van der Waals surface area contributed by atoms with E-state index in [2.05, 4.69) is 15.5 Å². The molecule has 142 valence electrons. The van der Waals surface area contributed by atoms with E-state index < -0.39 is 0 Å². The van der Waals surface area contributed by atoms with Gasteiger partial charge >= 0.3 is 5.69 Å². The van der Waals surface area contributed by atoms with Crippen LogP contribution in [0.15, 0.2) is 58.5 Å².